The van der Waals surface area contributed by atoms with E-state index in [0.717, 1.165) is 16.5 Å². The molecule has 6 nitrogen and oxygen atoms in total. The largest absolute Gasteiger partial charge is 0.461 e. The number of rotatable bonds is 4. The topological polar surface area (TPSA) is 77.7 Å². The molecule has 0 aromatic carbocycles. The Balaban J connectivity index is 2.82. The lowest BCUT2D eigenvalue weighted by molar-refractivity contribution is -0.137. The minimum Gasteiger partial charge on any atom is -0.461 e. The average molecular weight is 350 g/mol. The van der Waals surface area contributed by atoms with Gasteiger partial charge in [0.25, 0.3) is 0 Å². The van der Waals surface area contributed by atoms with Gasteiger partial charge in [0.2, 0.25) is 0 Å². The Kier molecular flexibility index (Phi) is 4.38. The third-order valence-corrected chi connectivity index (χ3v) is 4.78. The van der Waals surface area contributed by atoms with Crippen LogP contribution in [0.2, 0.25) is 0 Å². The first-order valence-corrected chi connectivity index (χ1v) is 8.26. The number of hydrogen-bond donors (Lipinski definition) is 0. The molecule has 0 radical (unpaired) electrons. The Morgan fingerprint density at radius 1 is 1.30 bits per heavy atom. The van der Waals surface area contributed by atoms with Crippen molar-refractivity contribution in [2.75, 3.05) is 12.4 Å². The van der Waals surface area contributed by atoms with Crippen LogP contribution in [0, 0.1) is 0 Å². The molecule has 0 aliphatic heterocycles. The number of nitrogens with zero attached hydrogens (tertiary/aromatic N) is 2. The van der Waals surface area contributed by atoms with Crippen LogP contribution in [0.25, 0.3) is 5.65 Å². The van der Waals surface area contributed by atoms with Crippen LogP contribution >= 0.6 is 0 Å². The van der Waals surface area contributed by atoms with Gasteiger partial charge in [0.1, 0.15) is 5.65 Å². The first kappa shape index (κ1) is 17.3. The summed E-state index contributed by atoms with van der Waals surface area (Å²) in [6, 6.07) is 1.76. The van der Waals surface area contributed by atoms with Crippen LogP contribution in [-0.4, -0.2) is 36.1 Å². The summed E-state index contributed by atoms with van der Waals surface area (Å²) in [5.41, 5.74) is -1.66. The van der Waals surface area contributed by atoms with E-state index in [0.29, 0.717) is 6.20 Å². The zero-order valence-corrected chi connectivity index (χ0v) is 13.0. The lowest BCUT2D eigenvalue weighted by Gasteiger charge is -2.08. The molecule has 0 aliphatic carbocycles. The van der Waals surface area contributed by atoms with Gasteiger partial charge in [-0.2, -0.15) is 13.2 Å². The molecule has 2 rings (SSSR count). The molecule has 0 spiro atoms. The zero-order valence-electron chi connectivity index (χ0n) is 12.2. The van der Waals surface area contributed by atoms with Crippen molar-refractivity contribution in [2.24, 2.45) is 0 Å². The van der Waals surface area contributed by atoms with E-state index < -0.39 is 44.0 Å². The van der Waals surface area contributed by atoms with Crippen molar-refractivity contribution < 1.29 is 31.1 Å². The molecule has 2 aromatic heterocycles. The molecule has 10 heteroatoms. The number of ether oxygens (including phenoxy) is 1. The predicted molar refractivity (Wildman–Crippen MR) is 73.9 cm³/mol. The van der Waals surface area contributed by atoms with Crippen molar-refractivity contribution in [1.29, 1.82) is 0 Å². The molecular formula is C13H13F3N2O4S. The number of hydrogen-bond acceptors (Lipinski definition) is 5. The molecule has 0 aliphatic rings. The SMILES string of the molecule is CCOC(=O)c1nc2ccc(C(F)(F)F)cn2c1S(=O)(=O)CC. The van der Waals surface area contributed by atoms with Crippen molar-refractivity contribution >= 4 is 21.5 Å². The number of pyridine rings is 1. The molecule has 0 bridgehead atoms. The zero-order chi connectivity index (χ0) is 17.4. The van der Waals surface area contributed by atoms with Crippen molar-refractivity contribution in [3.63, 3.8) is 0 Å². The molecule has 0 saturated carbocycles. The lowest BCUT2D eigenvalue weighted by Crippen LogP contribution is -2.15. The number of carbonyl (C=O) groups excluding carboxylic acids is 1. The van der Waals surface area contributed by atoms with Gasteiger partial charge in [0.15, 0.2) is 20.6 Å². The fourth-order valence-electron chi connectivity index (χ4n) is 1.96. The summed E-state index contributed by atoms with van der Waals surface area (Å²) in [5, 5.41) is -0.598. The third kappa shape index (κ3) is 3.16. The van der Waals surface area contributed by atoms with E-state index >= 15 is 0 Å². The number of carbonyl (C=O) groups is 1. The molecule has 0 amide bonds. The van der Waals surface area contributed by atoms with Gasteiger partial charge in [-0.15, -0.1) is 0 Å². The van der Waals surface area contributed by atoms with Gasteiger partial charge in [0, 0.05) is 6.20 Å². The molecular weight excluding hydrogens is 337 g/mol. The highest BCUT2D eigenvalue weighted by Gasteiger charge is 2.34. The minimum atomic E-state index is -4.66. The molecule has 23 heavy (non-hydrogen) atoms. The maximum absolute atomic E-state index is 12.8. The van der Waals surface area contributed by atoms with E-state index in [1.165, 1.54) is 13.8 Å². The molecule has 0 atom stereocenters. The highest BCUT2D eigenvalue weighted by atomic mass is 32.2. The fraction of sp³-hybridized carbons (Fsp3) is 0.385. The lowest BCUT2D eigenvalue weighted by atomic mass is 10.3. The van der Waals surface area contributed by atoms with E-state index in [4.69, 9.17) is 4.74 Å². The second-order valence-electron chi connectivity index (χ2n) is 4.53. The van der Waals surface area contributed by atoms with Crippen molar-refractivity contribution in [2.45, 2.75) is 25.0 Å². The first-order valence-electron chi connectivity index (χ1n) is 6.61. The number of aromatic nitrogens is 2. The standard InChI is InChI=1S/C13H13F3N2O4S/c1-3-22-12(19)10-11(23(20,21)4-2)18-7-8(13(14,15)16)5-6-9(18)17-10/h5-7H,3-4H2,1-2H3. The molecule has 126 valence electrons. The molecule has 2 heterocycles. The number of sulfone groups is 1. The predicted octanol–water partition coefficient (Wildman–Crippen LogP) is 2.32. The van der Waals surface area contributed by atoms with E-state index in [9.17, 15) is 26.4 Å². The summed E-state index contributed by atoms with van der Waals surface area (Å²) < 4.78 is 68.4. The van der Waals surface area contributed by atoms with Crippen molar-refractivity contribution in [1.82, 2.24) is 9.38 Å². The van der Waals surface area contributed by atoms with Gasteiger partial charge >= 0.3 is 12.1 Å². The number of halogens is 3. The summed E-state index contributed by atoms with van der Waals surface area (Å²) >= 11 is 0. The van der Waals surface area contributed by atoms with Gasteiger partial charge in [-0.1, -0.05) is 6.92 Å². The highest BCUT2D eigenvalue weighted by Crippen LogP contribution is 2.30. The molecule has 0 fully saturated rings. The summed E-state index contributed by atoms with van der Waals surface area (Å²) in [4.78, 5) is 15.7. The summed E-state index contributed by atoms with van der Waals surface area (Å²) in [5.74, 6) is -1.40. The van der Waals surface area contributed by atoms with Gasteiger partial charge in [-0.05, 0) is 19.1 Å². The second kappa shape index (κ2) is 5.84. The van der Waals surface area contributed by atoms with Crippen LogP contribution < -0.4 is 0 Å². The first-order chi connectivity index (χ1) is 10.6. The van der Waals surface area contributed by atoms with Crippen LogP contribution in [0.1, 0.15) is 29.9 Å². The second-order valence-corrected chi connectivity index (χ2v) is 6.73. The van der Waals surface area contributed by atoms with Crippen LogP contribution in [0.5, 0.6) is 0 Å². The normalized spacial score (nSPS) is 12.6. The smallest absolute Gasteiger partial charge is 0.417 e. The minimum absolute atomic E-state index is 0.0217. The Hall–Kier alpha value is -2.10. The van der Waals surface area contributed by atoms with E-state index in [2.05, 4.69) is 4.98 Å². The Bertz CT molecular complexity index is 856. The van der Waals surface area contributed by atoms with Crippen molar-refractivity contribution in [3.05, 3.63) is 29.6 Å². The number of esters is 1. The summed E-state index contributed by atoms with van der Waals surface area (Å²) in [6.07, 6.45) is -4.05. The maximum Gasteiger partial charge on any atom is 0.417 e. The maximum atomic E-state index is 12.8. The molecule has 0 N–H and O–H groups in total. The van der Waals surface area contributed by atoms with Crippen LogP contribution in [0.15, 0.2) is 23.4 Å². The third-order valence-electron chi connectivity index (χ3n) is 3.05. The van der Waals surface area contributed by atoms with Gasteiger partial charge in [-0.3, -0.25) is 4.40 Å². The van der Waals surface area contributed by atoms with E-state index in [-0.39, 0.29) is 12.3 Å². The quantitative estimate of drug-likeness (QED) is 0.791. The van der Waals surface area contributed by atoms with Gasteiger partial charge in [-0.25, -0.2) is 18.2 Å². The van der Waals surface area contributed by atoms with Gasteiger partial charge < -0.3 is 4.74 Å². The molecule has 2 aromatic rings. The Morgan fingerprint density at radius 3 is 2.48 bits per heavy atom. The number of alkyl halides is 3. The van der Waals surface area contributed by atoms with Crippen LogP contribution in [0.3, 0.4) is 0 Å². The molecule has 0 saturated heterocycles. The van der Waals surface area contributed by atoms with Gasteiger partial charge in [0.05, 0.1) is 17.9 Å². The van der Waals surface area contributed by atoms with Crippen molar-refractivity contribution in [3.8, 4) is 0 Å². The number of fused-ring (bicyclic) bond motifs is 1. The van der Waals surface area contributed by atoms with Crippen LogP contribution in [-0.2, 0) is 20.8 Å². The molecule has 0 unspecified atom stereocenters. The monoisotopic (exact) mass is 350 g/mol. The highest BCUT2D eigenvalue weighted by molar-refractivity contribution is 7.91. The number of imidazole rings is 1. The average Bonchev–Trinajstić information content (AvgIpc) is 2.85. The van der Waals surface area contributed by atoms with E-state index in [1.807, 2.05) is 0 Å². The summed E-state index contributed by atoms with van der Waals surface area (Å²) in [7, 11) is -4.01. The van der Waals surface area contributed by atoms with Crippen LogP contribution in [0.4, 0.5) is 13.2 Å². The Morgan fingerprint density at radius 2 is 1.96 bits per heavy atom. The van der Waals surface area contributed by atoms with E-state index in [1.54, 1.807) is 0 Å². The summed E-state index contributed by atoms with van der Waals surface area (Å²) in [6.45, 7) is 2.81. The fourth-order valence-corrected chi connectivity index (χ4v) is 3.10. The Labute approximate surface area is 129 Å².